The van der Waals surface area contributed by atoms with Gasteiger partial charge in [-0.2, -0.15) is 5.10 Å². The fraction of sp³-hybridized carbons (Fsp3) is 0.429. The first-order chi connectivity index (χ1) is 6.61. The number of aliphatic hydroxyl groups is 1. The molecule has 0 saturated carbocycles. The van der Waals surface area contributed by atoms with Crippen molar-refractivity contribution < 1.29 is 9.90 Å². The zero-order valence-corrected chi connectivity index (χ0v) is 8.54. The fourth-order valence-electron chi connectivity index (χ4n) is 1.09. The molecule has 5 N–H and O–H groups in total. The summed E-state index contributed by atoms with van der Waals surface area (Å²) in [4.78, 5) is 11.0. The van der Waals surface area contributed by atoms with E-state index in [0.29, 0.717) is 5.03 Å². The lowest BCUT2D eigenvalue weighted by Crippen LogP contribution is -2.15. The molecule has 1 aromatic rings. The third-order valence-electron chi connectivity index (χ3n) is 1.71. The van der Waals surface area contributed by atoms with Crippen molar-refractivity contribution in [2.45, 2.75) is 11.6 Å². The molecular formula is C7H12N4O2S. The molecule has 14 heavy (non-hydrogen) atoms. The summed E-state index contributed by atoms with van der Waals surface area (Å²) in [6, 6.07) is 0. The second-order valence-corrected chi connectivity index (χ2v) is 3.38. The van der Waals surface area contributed by atoms with Crippen LogP contribution in [0.15, 0.2) is 5.03 Å². The van der Waals surface area contributed by atoms with Crippen LogP contribution in [0.5, 0.6) is 0 Å². The Bertz CT molecular complexity index is 350. The van der Waals surface area contributed by atoms with Crippen LogP contribution in [0, 0.1) is 0 Å². The SMILES string of the molecule is CSc1nn(CCO)c(N)c1C(N)=O. The van der Waals surface area contributed by atoms with Gasteiger partial charge in [0, 0.05) is 0 Å². The number of carbonyl (C=O) groups excluding carboxylic acids is 1. The number of nitrogen functional groups attached to an aromatic ring is 1. The minimum Gasteiger partial charge on any atom is -0.394 e. The number of hydrogen-bond acceptors (Lipinski definition) is 5. The molecule has 6 nitrogen and oxygen atoms in total. The Labute approximate surface area is 85.3 Å². The van der Waals surface area contributed by atoms with Crippen LogP contribution in [0.3, 0.4) is 0 Å². The zero-order chi connectivity index (χ0) is 10.7. The molecule has 0 spiro atoms. The van der Waals surface area contributed by atoms with Crippen LogP contribution >= 0.6 is 11.8 Å². The second-order valence-electron chi connectivity index (χ2n) is 2.58. The molecule has 0 radical (unpaired) electrons. The summed E-state index contributed by atoms with van der Waals surface area (Å²) in [5.41, 5.74) is 11.0. The summed E-state index contributed by atoms with van der Waals surface area (Å²) < 4.78 is 1.37. The number of aromatic nitrogens is 2. The van der Waals surface area contributed by atoms with Gasteiger partial charge in [0.05, 0.1) is 13.2 Å². The first-order valence-electron chi connectivity index (χ1n) is 3.92. The first kappa shape index (κ1) is 10.9. The van der Waals surface area contributed by atoms with E-state index in [2.05, 4.69) is 5.10 Å². The van der Waals surface area contributed by atoms with E-state index < -0.39 is 5.91 Å². The molecule has 78 valence electrons. The molecule has 1 rings (SSSR count). The Hall–Kier alpha value is -1.21. The Kier molecular flexibility index (Phi) is 3.37. The Morgan fingerprint density at radius 3 is 2.71 bits per heavy atom. The lowest BCUT2D eigenvalue weighted by Gasteiger charge is -1.99. The van der Waals surface area contributed by atoms with E-state index in [1.54, 1.807) is 6.26 Å². The maximum absolute atomic E-state index is 11.0. The van der Waals surface area contributed by atoms with Gasteiger partial charge in [0.15, 0.2) is 0 Å². The summed E-state index contributed by atoms with van der Waals surface area (Å²) in [5.74, 6) is -0.396. The number of aliphatic hydroxyl groups excluding tert-OH is 1. The number of anilines is 1. The van der Waals surface area contributed by atoms with E-state index in [0.717, 1.165) is 0 Å². The van der Waals surface area contributed by atoms with Gasteiger partial charge in [0.1, 0.15) is 16.4 Å². The molecule has 7 heteroatoms. The summed E-state index contributed by atoms with van der Waals surface area (Å²) in [6.45, 7) is 0.171. The molecule has 1 heterocycles. The minimum atomic E-state index is -0.601. The van der Waals surface area contributed by atoms with Crippen molar-refractivity contribution in [1.29, 1.82) is 0 Å². The molecule has 1 amide bonds. The van der Waals surface area contributed by atoms with Crippen LogP contribution in [-0.4, -0.2) is 33.7 Å². The third kappa shape index (κ3) is 1.83. The van der Waals surface area contributed by atoms with Crippen molar-refractivity contribution in [1.82, 2.24) is 9.78 Å². The van der Waals surface area contributed by atoms with Gasteiger partial charge in [-0.1, -0.05) is 0 Å². The van der Waals surface area contributed by atoms with Crippen molar-refractivity contribution in [2.75, 3.05) is 18.6 Å². The number of amides is 1. The molecule has 0 atom stereocenters. The minimum absolute atomic E-state index is 0.0854. The molecule has 0 aliphatic carbocycles. The molecule has 0 aliphatic rings. The molecular weight excluding hydrogens is 204 g/mol. The van der Waals surface area contributed by atoms with Gasteiger partial charge < -0.3 is 16.6 Å². The number of primary amides is 1. The second kappa shape index (κ2) is 4.34. The average Bonchev–Trinajstić information content (AvgIpc) is 2.44. The number of nitrogens with two attached hydrogens (primary N) is 2. The van der Waals surface area contributed by atoms with Gasteiger partial charge in [-0.05, 0) is 6.26 Å². The highest BCUT2D eigenvalue weighted by Crippen LogP contribution is 2.23. The maximum Gasteiger partial charge on any atom is 0.255 e. The summed E-state index contributed by atoms with van der Waals surface area (Å²) >= 11 is 1.29. The lowest BCUT2D eigenvalue weighted by molar-refractivity contribution is 0.0998. The van der Waals surface area contributed by atoms with E-state index >= 15 is 0 Å². The number of hydrogen-bond donors (Lipinski definition) is 3. The van der Waals surface area contributed by atoms with Crippen molar-refractivity contribution in [3.8, 4) is 0 Å². The Morgan fingerprint density at radius 1 is 1.71 bits per heavy atom. The van der Waals surface area contributed by atoms with Crippen LogP contribution in [0.4, 0.5) is 5.82 Å². The van der Waals surface area contributed by atoms with E-state index in [1.165, 1.54) is 16.4 Å². The van der Waals surface area contributed by atoms with Gasteiger partial charge in [0.25, 0.3) is 5.91 Å². The van der Waals surface area contributed by atoms with E-state index in [1.807, 2.05) is 0 Å². The van der Waals surface area contributed by atoms with Crippen molar-refractivity contribution >= 4 is 23.5 Å². The molecule has 0 unspecified atom stereocenters. The summed E-state index contributed by atoms with van der Waals surface area (Å²) in [5, 5.41) is 13.2. The van der Waals surface area contributed by atoms with Crippen LogP contribution in [0.2, 0.25) is 0 Å². The average molecular weight is 216 g/mol. The topological polar surface area (TPSA) is 107 Å². The smallest absolute Gasteiger partial charge is 0.255 e. The summed E-state index contributed by atoms with van der Waals surface area (Å²) in [7, 11) is 0. The molecule has 0 fully saturated rings. The van der Waals surface area contributed by atoms with Crippen molar-refractivity contribution in [3.63, 3.8) is 0 Å². The van der Waals surface area contributed by atoms with Crippen LogP contribution in [0.1, 0.15) is 10.4 Å². The maximum atomic E-state index is 11.0. The highest BCUT2D eigenvalue weighted by Gasteiger charge is 2.18. The molecule has 0 aliphatic heterocycles. The predicted molar refractivity (Wildman–Crippen MR) is 54.0 cm³/mol. The van der Waals surface area contributed by atoms with Crippen LogP contribution in [-0.2, 0) is 6.54 Å². The highest BCUT2D eigenvalue weighted by atomic mass is 32.2. The van der Waals surface area contributed by atoms with Gasteiger partial charge in [0.2, 0.25) is 0 Å². The standard InChI is InChI=1S/C7H12N4O2S/c1-14-7-4(6(9)13)5(8)11(10-7)2-3-12/h12H,2-3,8H2,1H3,(H2,9,13). The highest BCUT2D eigenvalue weighted by molar-refractivity contribution is 7.98. The Morgan fingerprint density at radius 2 is 2.36 bits per heavy atom. The number of nitrogens with zero attached hydrogens (tertiary/aromatic N) is 2. The zero-order valence-electron chi connectivity index (χ0n) is 7.73. The van der Waals surface area contributed by atoms with E-state index in [4.69, 9.17) is 16.6 Å². The van der Waals surface area contributed by atoms with E-state index in [9.17, 15) is 4.79 Å². The van der Waals surface area contributed by atoms with Crippen LogP contribution < -0.4 is 11.5 Å². The third-order valence-corrected chi connectivity index (χ3v) is 2.38. The predicted octanol–water partition coefficient (Wildman–Crippen LogP) is -0.722. The van der Waals surface area contributed by atoms with Gasteiger partial charge in [-0.3, -0.25) is 4.79 Å². The molecule has 0 bridgehead atoms. The number of rotatable bonds is 4. The fourth-order valence-corrected chi connectivity index (χ4v) is 1.68. The quantitative estimate of drug-likeness (QED) is 0.576. The van der Waals surface area contributed by atoms with Crippen molar-refractivity contribution in [3.05, 3.63) is 5.56 Å². The van der Waals surface area contributed by atoms with Gasteiger partial charge >= 0.3 is 0 Å². The van der Waals surface area contributed by atoms with Gasteiger partial charge in [-0.15, -0.1) is 11.8 Å². The normalized spacial score (nSPS) is 10.4. The first-order valence-corrected chi connectivity index (χ1v) is 5.15. The monoisotopic (exact) mass is 216 g/mol. The summed E-state index contributed by atoms with van der Waals surface area (Å²) in [6.07, 6.45) is 1.78. The van der Waals surface area contributed by atoms with Crippen LogP contribution in [0.25, 0.3) is 0 Å². The largest absolute Gasteiger partial charge is 0.394 e. The van der Waals surface area contributed by atoms with Gasteiger partial charge in [-0.25, -0.2) is 4.68 Å². The molecule has 0 saturated heterocycles. The molecule has 0 aromatic carbocycles. The van der Waals surface area contributed by atoms with E-state index in [-0.39, 0.29) is 24.5 Å². The van der Waals surface area contributed by atoms with Crippen molar-refractivity contribution in [2.24, 2.45) is 5.73 Å². The number of thioether (sulfide) groups is 1. The number of carbonyl (C=O) groups is 1. The lowest BCUT2D eigenvalue weighted by atomic mass is 10.3. The Balaban J connectivity index is 3.18. The molecule has 1 aromatic heterocycles.